The molecule has 26 heavy (non-hydrogen) atoms. The van der Waals surface area contributed by atoms with Crippen molar-refractivity contribution in [2.45, 2.75) is 51.9 Å². The lowest BCUT2D eigenvalue weighted by Gasteiger charge is -2.43. The topological polar surface area (TPSA) is 42.0 Å². The first-order valence-corrected chi connectivity index (χ1v) is 10.5. The van der Waals surface area contributed by atoms with Crippen LogP contribution in [0.25, 0.3) is 0 Å². The number of nitrogens with zero attached hydrogens (tertiary/aromatic N) is 1. The molecule has 2 aliphatic rings. The number of benzene rings is 1. The zero-order chi connectivity index (χ0) is 18.3. The lowest BCUT2D eigenvalue weighted by Crippen LogP contribution is -2.41. The third-order valence-electron chi connectivity index (χ3n) is 5.80. The van der Waals surface area contributed by atoms with Crippen LogP contribution in [0, 0.1) is 11.8 Å². The van der Waals surface area contributed by atoms with Gasteiger partial charge in [0.1, 0.15) is 5.82 Å². The molecule has 1 aliphatic heterocycles. The standard InChI is InChI=1S/C22H26N2OS/c1-4-22(16-8-6-5-7-9-16)19-17(24-21-20(22)26-13-23-21)11-15(10-14(2)3)12-18(19)25/h5-9,13-15,24H,4,10-12H2,1-3H3. The summed E-state index contributed by atoms with van der Waals surface area (Å²) in [6.45, 7) is 6.67. The van der Waals surface area contributed by atoms with E-state index in [2.05, 4.69) is 55.3 Å². The lowest BCUT2D eigenvalue weighted by atomic mass is 9.64. The Kier molecular flexibility index (Phi) is 4.47. The van der Waals surface area contributed by atoms with E-state index in [0.717, 1.165) is 36.4 Å². The van der Waals surface area contributed by atoms with E-state index in [4.69, 9.17) is 0 Å². The molecule has 1 N–H and O–H groups in total. The van der Waals surface area contributed by atoms with Crippen molar-refractivity contribution in [3.05, 3.63) is 57.6 Å². The Morgan fingerprint density at radius 2 is 2.04 bits per heavy atom. The summed E-state index contributed by atoms with van der Waals surface area (Å²) in [5.41, 5.74) is 4.84. The highest BCUT2D eigenvalue weighted by atomic mass is 32.1. The molecule has 4 heteroatoms. The minimum Gasteiger partial charge on any atom is -0.342 e. The second-order valence-electron chi connectivity index (χ2n) is 7.96. The minimum absolute atomic E-state index is 0.314. The molecule has 0 bridgehead atoms. The fourth-order valence-electron chi connectivity index (χ4n) is 4.87. The highest BCUT2D eigenvalue weighted by molar-refractivity contribution is 7.10. The summed E-state index contributed by atoms with van der Waals surface area (Å²) >= 11 is 1.66. The van der Waals surface area contributed by atoms with Crippen LogP contribution >= 0.6 is 11.3 Å². The first kappa shape index (κ1) is 17.5. The molecular formula is C22H26N2OS. The number of carbonyl (C=O) groups is 1. The Morgan fingerprint density at radius 1 is 1.27 bits per heavy atom. The van der Waals surface area contributed by atoms with E-state index >= 15 is 0 Å². The molecule has 2 aromatic rings. The highest BCUT2D eigenvalue weighted by Gasteiger charge is 2.49. The molecule has 0 radical (unpaired) electrons. The van der Waals surface area contributed by atoms with Crippen LogP contribution in [0.15, 0.2) is 47.1 Å². The van der Waals surface area contributed by atoms with Crippen LogP contribution in [-0.4, -0.2) is 10.8 Å². The second-order valence-corrected chi connectivity index (χ2v) is 8.82. The monoisotopic (exact) mass is 366 g/mol. The number of anilines is 1. The van der Waals surface area contributed by atoms with Crippen molar-refractivity contribution in [2.75, 3.05) is 5.32 Å². The largest absolute Gasteiger partial charge is 0.342 e. The fraction of sp³-hybridized carbons (Fsp3) is 0.455. The first-order chi connectivity index (χ1) is 12.6. The molecule has 0 saturated heterocycles. The number of hydrogen-bond donors (Lipinski definition) is 1. The molecule has 1 aliphatic carbocycles. The van der Waals surface area contributed by atoms with Gasteiger partial charge >= 0.3 is 0 Å². The van der Waals surface area contributed by atoms with Crippen LogP contribution < -0.4 is 5.32 Å². The second kappa shape index (κ2) is 6.66. The lowest BCUT2D eigenvalue weighted by molar-refractivity contribution is -0.117. The number of Topliss-reactive ketones (excluding diaryl/α,β-unsaturated/α-hetero) is 1. The molecule has 4 rings (SSSR count). The molecule has 1 aromatic heterocycles. The summed E-state index contributed by atoms with van der Waals surface area (Å²) in [7, 11) is 0. The molecule has 0 spiro atoms. The third-order valence-corrected chi connectivity index (χ3v) is 6.79. The van der Waals surface area contributed by atoms with E-state index in [1.54, 1.807) is 11.3 Å². The molecule has 0 saturated carbocycles. The maximum atomic E-state index is 13.4. The van der Waals surface area contributed by atoms with Crippen LogP contribution in [0.4, 0.5) is 5.82 Å². The van der Waals surface area contributed by atoms with Gasteiger partial charge in [-0.05, 0) is 36.7 Å². The maximum Gasteiger partial charge on any atom is 0.162 e. The number of thiazole rings is 1. The van der Waals surface area contributed by atoms with Gasteiger partial charge in [-0.2, -0.15) is 0 Å². The molecule has 0 amide bonds. The predicted octanol–water partition coefficient (Wildman–Crippen LogP) is 5.54. The summed E-state index contributed by atoms with van der Waals surface area (Å²) < 4.78 is 0. The van der Waals surface area contributed by atoms with E-state index in [0.29, 0.717) is 24.0 Å². The van der Waals surface area contributed by atoms with E-state index in [9.17, 15) is 4.79 Å². The molecule has 2 atom stereocenters. The van der Waals surface area contributed by atoms with Crippen LogP contribution in [0.2, 0.25) is 0 Å². The van der Waals surface area contributed by atoms with Gasteiger partial charge in [-0.3, -0.25) is 4.79 Å². The van der Waals surface area contributed by atoms with Crippen LogP contribution in [0.3, 0.4) is 0 Å². The van der Waals surface area contributed by atoms with Gasteiger partial charge < -0.3 is 5.32 Å². The molecule has 2 unspecified atom stereocenters. The summed E-state index contributed by atoms with van der Waals surface area (Å²) in [5, 5.41) is 3.53. The number of aromatic nitrogens is 1. The van der Waals surface area contributed by atoms with Crippen molar-refractivity contribution in [2.24, 2.45) is 11.8 Å². The normalized spacial score (nSPS) is 25.1. The highest BCUT2D eigenvalue weighted by Crippen LogP contribution is 2.53. The van der Waals surface area contributed by atoms with Crippen LogP contribution in [-0.2, 0) is 10.2 Å². The molecule has 3 nitrogen and oxygen atoms in total. The van der Waals surface area contributed by atoms with E-state index in [-0.39, 0.29) is 5.41 Å². The van der Waals surface area contributed by atoms with Gasteiger partial charge in [0.05, 0.1) is 15.8 Å². The number of rotatable bonds is 4. The van der Waals surface area contributed by atoms with Gasteiger partial charge in [0, 0.05) is 17.7 Å². The van der Waals surface area contributed by atoms with Gasteiger partial charge in [-0.1, -0.05) is 51.1 Å². The maximum absolute atomic E-state index is 13.4. The molecular weight excluding hydrogens is 340 g/mol. The first-order valence-electron chi connectivity index (χ1n) is 9.59. The van der Waals surface area contributed by atoms with Crippen molar-refractivity contribution in [1.29, 1.82) is 0 Å². The smallest absolute Gasteiger partial charge is 0.162 e. The van der Waals surface area contributed by atoms with Crippen LogP contribution in [0.5, 0.6) is 0 Å². The Hall–Kier alpha value is -1.94. The van der Waals surface area contributed by atoms with Crippen LogP contribution in [0.1, 0.15) is 56.9 Å². The van der Waals surface area contributed by atoms with Gasteiger partial charge in [0.15, 0.2) is 5.78 Å². The molecule has 136 valence electrons. The van der Waals surface area contributed by atoms with Gasteiger partial charge in [-0.25, -0.2) is 4.98 Å². The third kappa shape index (κ3) is 2.62. The number of hydrogen-bond acceptors (Lipinski definition) is 4. The number of allylic oxidation sites excluding steroid dienone is 2. The van der Waals surface area contributed by atoms with E-state index in [1.807, 2.05) is 11.6 Å². The Morgan fingerprint density at radius 3 is 2.73 bits per heavy atom. The van der Waals surface area contributed by atoms with Gasteiger partial charge in [-0.15, -0.1) is 11.3 Å². The zero-order valence-electron chi connectivity index (χ0n) is 15.7. The SMILES string of the molecule is CCC1(c2ccccc2)C2=C(CC(CC(C)C)CC2=O)Nc2ncsc21. The quantitative estimate of drug-likeness (QED) is 0.772. The summed E-state index contributed by atoms with van der Waals surface area (Å²) in [4.78, 5) is 19.2. The van der Waals surface area contributed by atoms with Crippen molar-refractivity contribution < 1.29 is 4.79 Å². The van der Waals surface area contributed by atoms with Crippen molar-refractivity contribution in [3.63, 3.8) is 0 Å². The average Bonchev–Trinajstić information content (AvgIpc) is 3.08. The number of carbonyl (C=O) groups excluding carboxylic acids is 1. The van der Waals surface area contributed by atoms with E-state index < -0.39 is 0 Å². The zero-order valence-corrected chi connectivity index (χ0v) is 16.5. The number of fused-ring (bicyclic) bond motifs is 1. The van der Waals surface area contributed by atoms with Crippen molar-refractivity contribution in [3.8, 4) is 0 Å². The van der Waals surface area contributed by atoms with Crippen molar-refractivity contribution in [1.82, 2.24) is 4.98 Å². The summed E-state index contributed by atoms with van der Waals surface area (Å²) in [5.74, 6) is 2.30. The van der Waals surface area contributed by atoms with Gasteiger partial charge in [0.2, 0.25) is 0 Å². The van der Waals surface area contributed by atoms with Crippen molar-refractivity contribution >= 4 is 22.9 Å². The molecule has 2 heterocycles. The Labute approximate surface area is 159 Å². The summed E-state index contributed by atoms with van der Waals surface area (Å²) in [6, 6.07) is 10.5. The summed E-state index contributed by atoms with van der Waals surface area (Å²) in [6.07, 6.45) is 3.58. The Balaban J connectivity index is 1.89. The molecule has 1 aromatic carbocycles. The van der Waals surface area contributed by atoms with E-state index in [1.165, 1.54) is 10.4 Å². The molecule has 0 fully saturated rings. The minimum atomic E-state index is -0.363. The average molecular weight is 367 g/mol. The van der Waals surface area contributed by atoms with Gasteiger partial charge in [0.25, 0.3) is 0 Å². The fourth-order valence-corrected chi connectivity index (χ4v) is 5.92. The number of nitrogens with one attached hydrogen (secondary N) is 1. The Bertz CT molecular complexity index is 852. The number of ketones is 1. The predicted molar refractivity (Wildman–Crippen MR) is 107 cm³/mol.